The Bertz CT molecular complexity index is 231. The Labute approximate surface area is 120 Å². The van der Waals surface area contributed by atoms with Gasteiger partial charge in [0.15, 0.2) is 0 Å². The van der Waals surface area contributed by atoms with Crippen molar-refractivity contribution in [3.8, 4) is 0 Å². The first kappa shape index (κ1) is 18.5. The second-order valence-corrected chi connectivity index (χ2v) is 4.22. The van der Waals surface area contributed by atoms with Crippen molar-refractivity contribution in [1.82, 2.24) is 0 Å². The second-order valence-electron chi connectivity index (χ2n) is 4.22. The molecule has 0 aliphatic heterocycles. The van der Waals surface area contributed by atoms with Crippen LogP contribution in [-0.2, 0) is 9.59 Å². The molecule has 80 valence electrons. The minimum atomic E-state index is -1.27. The summed E-state index contributed by atoms with van der Waals surface area (Å²) in [5.41, 5.74) is 0. The topological polar surface area (TPSA) is 80.3 Å². The third kappa shape index (κ3) is 3.86. The maximum Gasteiger partial charge on any atom is 1.00 e. The Kier molecular flexibility index (Phi) is 8.62. The summed E-state index contributed by atoms with van der Waals surface area (Å²) in [4.78, 5) is 21.6. The summed E-state index contributed by atoms with van der Waals surface area (Å²) in [5.74, 6) is -4.61. The first-order valence-corrected chi connectivity index (χ1v) is 4.87. The van der Waals surface area contributed by atoms with Crippen LogP contribution in [-0.4, -0.2) is 11.9 Å². The molecule has 1 aliphatic carbocycles. The molecule has 1 fully saturated rings. The number of carboxylic acids is 2. The summed E-state index contributed by atoms with van der Waals surface area (Å²) in [5, 5.41) is 21.6. The molecule has 0 heterocycles. The van der Waals surface area contributed by atoms with E-state index in [0.717, 1.165) is 12.8 Å². The fraction of sp³-hybridized carbons (Fsp3) is 0.800. The molecule has 0 N–H and O–H groups in total. The van der Waals surface area contributed by atoms with Gasteiger partial charge >= 0.3 is 37.7 Å². The number of carbonyl (C=O) groups excluding carboxylic acids is 2. The maximum atomic E-state index is 10.8. The molecule has 0 aromatic heterocycles. The largest absolute Gasteiger partial charge is 1.00 e. The van der Waals surface area contributed by atoms with Gasteiger partial charge in [-0.25, -0.2) is 0 Å². The summed E-state index contributed by atoms with van der Waals surface area (Å²) in [6.07, 6.45) is 1.48. The molecular formula is C10H14Li2O4. The molecule has 0 radical (unpaired) electrons. The molecule has 0 spiro atoms. The van der Waals surface area contributed by atoms with E-state index in [9.17, 15) is 19.8 Å². The van der Waals surface area contributed by atoms with Gasteiger partial charge < -0.3 is 19.8 Å². The predicted molar refractivity (Wildman–Crippen MR) is 44.6 cm³/mol. The van der Waals surface area contributed by atoms with Crippen LogP contribution in [0, 0.1) is 23.7 Å². The van der Waals surface area contributed by atoms with Gasteiger partial charge in [0.1, 0.15) is 0 Å². The number of rotatable bonds is 2. The van der Waals surface area contributed by atoms with E-state index in [4.69, 9.17) is 0 Å². The number of hydrogen-bond donors (Lipinski definition) is 0. The smallest absolute Gasteiger partial charge is 0.550 e. The maximum absolute atomic E-state index is 10.8. The second kappa shape index (κ2) is 7.46. The normalized spacial score (nSPS) is 33.1. The van der Waals surface area contributed by atoms with Gasteiger partial charge in [-0.1, -0.05) is 13.8 Å². The molecule has 0 aromatic rings. The molecule has 1 saturated carbocycles. The SMILES string of the molecule is CC1CCC(C)C(C(=O)[O-])C1C(=O)[O-].[Li+].[Li+]. The zero-order valence-corrected chi connectivity index (χ0v) is 10.4. The van der Waals surface area contributed by atoms with Gasteiger partial charge in [-0.2, -0.15) is 0 Å². The molecule has 0 saturated heterocycles. The van der Waals surface area contributed by atoms with Crippen molar-refractivity contribution >= 4 is 11.9 Å². The molecule has 4 nitrogen and oxygen atoms in total. The van der Waals surface area contributed by atoms with Crippen LogP contribution in [0.4, 0.5) is 0 Å². The molecule has 0 aromatic carbocycles. The minimum Gasteiger partial charge on any atom is -0.550 e. The van der Waals surface area contributed by atoms with E-state index in [1.807, 2.05) is 0 Å². The van der Waals surface area contributed by atoms with Crippen molar-refractivity contribution in [2.75, 3.05) is 0 Å². The molecule has 16 heavy (non-hydrogen) atoms. The fourth-order valence-electron chi connectivity index (χ4n) is 2.35. The summed E-state index contributed by atoms with van der Waals surface area (Å²) in [7, 11) is 0. The van der Waals surface area contributed by atoms with Gasteiger partial charge in [0.2, 0.25) is 0 Å². The van der Waals surface area contributed by atoms with Crippen LogP contribution in [0.25, 0.3) is 0 Å². The first-order chi connectivity index (χ1) is 6.45. The molecular weight excluding hydrogens is 198 g/mol. The Hall–Kier alpha value is 0.135. The minimum absolute atomic E-state index is 0. The Morgan fingerprint density at radius 3 is 1.31 bits per heavy atom. The third-order valence-corrected chi connectivity index (χ3v) is 3.23. The van der Waals surface area contributed by atoms with E-state index in [0.29, 0.717) is 0 Å². The number of hydrogen-bond acceptors (Lipinski definition) is 4. The number of carboxylic acid groups (broad SMARTS) is 2. The first-order valence-electron chi connectivity index (χ1n) is 4.87. The fourth-order valence-corrected chi connectivity index (χ4v) is 2.35. The van der Waals surface area contributed by atoms with E-state index in [2.05, 4.69) is 0 Å². The summed E-state index contributed by atoms with van der Waals surface area (Å²) >= 11 is 0. The zero-order chi connectivity index (χ0) is 10.9. The molecule has 6 heteroatoms. The average Bonchev–Trinajstić information content (AvgIpc) is 2.07. The van der Waals surface area contributed by atoms with Crippen molar-refractivity contribution in [2.45, 2.75) is 26.7 Å². The van der Waals surface area contributed by atoms with Crippen LogP contribution < -0.4 is 47.9 Å². The van der Waals surface area contributed by atoms with Crippen LogP contribution in [0.15, 0.2) is 0 Å². The molecule has 1 aliphatic rings. The number of aliphatic carboxylic acids is 2. The average molecular weight is 212 g/mol. The van der Waals surface area contributed by atoms with Crippen LogP contribution in [0.5, 0.6) is 0 Å². The van der Waals surface area contributed by atoms with Crippen molar-refractivity contribution in [3.63, 3.8) is 0 Å². The quantitative estimate of drug-likeness (QED) is 0.426. The monoisotopic (exact) mass is 212 g/mol. The molecule has 4 unspecified atom stereocenters. The van der Waals surface area contributed by atoms with E-state index < -0.39 is 23.8 Å². The molecule has 1 rings (SSSR count). The summed E-state index contributed by atoms with van der Waals surface area (Å²) in [6.45, 7) is 3.50. The van der Waals surface area contributed by atoms with Gasteiger partial charge in [-0.15, -0.1) is 0 Å². The Morgan fingerprint density at radius 1 is 0.875 bits per heavy atom. The molecule has 0 amide bonds. The molecule has 0 bridgehead atoms. The summed E-state index contributed by atoms with van der Waals surface area (Å²) in [6, 6.07) is 0. The van der Waals surface area contributed by atoms with Crippen molar-refractivity contribution in [3.05, 3.63) is 0 Å². The van der Waals surface area contributed by atoms with E-state index in [1.165, 1.54) is 0 Å². The Balaban J connectivity index is 0. The van der Waals surface area contributed by atoms with Gasteiger partial charge in [-0.3, -0.25) is 0 Å². The van der Waals surface area contributed by atoms with Crippen molar-refractivity contribution in [1.29, 1.82) is 0 Å². The van der Waals surface area contributed by atoms with E-state index in [1.54, 1.807) is 13.8 Å². The van der Waals surface area contributed by atoms with Gasteiger partial charge in [0.05, 0.1) is 0 Å². The van der Waals surface area contributed by atoms with Crippen LogP contribution >= 0.6 is 0 Å². The van der Waals surface area contributed by atoms with E-state index in [-0.39, 0.29) is 49.6 Å². The third-order valence-electron chi connectivity index (χ3n) is 3.23. The van der Waals surface area contributed by atoms with Gasteiger partial charge in [0.25, 0.3) is 0 Å². The van der Waals surface area contributed by atoms with Crippen molar-refractivity contribution < 1.29 is 57.5 Å². The summed E-state index contributed by atoms with van der Waals surface area (Å²) < 4.78 is 0. The Morgan fingerprint density at radius 2 is 1.12 bits per heavy atom. The van der Waals surface area contributed by atoms with Crippen LogP contribution in [0.2, 0.25) is 0 Å². The van der Waals surface area contributed by atoms with Crippen LogP contribution in [0.3, 0.4) is 0 Å². The standard InChI is InChI=1S/C10H16O4.2Li/c1-5-3-4-6(2)8(10(13)14)7(5)9(11)12;;/h5-8H,3-4H2,1-2H3,(H,11,12)(H,13,14);;/q;2*+1/p-2. The number of carbonyl (C=O) groups is 2. The van der Waals surface area contributed by atoms with Gasteiger partial charge in [-0.05, 0) is 24.7 Å². The predicted octanol–water partition coefficient (Wildman–Crippen LogP) is -7.21. The van der Waals surface area contributed by atoms with E-state index >= 15 is 0 Å². The van der Waals surface area contributed by atoms with Gasteiger partial charge in [0, 0.05) is 23.8 Å². The molecule has 4 atom stereocenters. The van der Waals surface area contributed by atoms with Crippen LogP contribution in [0.1, 0.15) is 26.7 Å². The van der Waals surface area contributed by atoms with Crippen molar-refractivity contribution in [2.24, 2.45) is 23.7 Å². The zero-order valence-electron chi connectivity index (χ0n) is 10.4.